The summed E-state index contributed by atoms with van der Waals surface area (Å²) in [6.45, 7) is 0.213. The molecule has 0 aliphatic rings. The number of carbonyl (C=O) groups is 1. The van der Waals surface area contributed by atoms with E-state index >= 15 is 0 Å². The van der Waals surface area contributed by atoms with Crippen molar-refractivity contribution in [3.05, 3.63) is 56.7 Å². The number of methoxy groups -OCH3 is 1. The Morgan fingerprint density at radius 3 is 2.50 bits per heavy atom. The molecule has 9 heteroatoms. The molecule has 0 bridgehead atoms. The Balaban J connectivity index is 1.95. The third-order valence-corrected chi connectivity index (χ3v) is 4.13. The van der Waals surface area contributed by atoms with Gasteiger partial charge < -0.3 is 10.1 Å². The molecule has 0 fully saturated rings. The fraction of sp³-hybridized carbons (Fsp3) is 0.294. The van der Waals surface area contributed by atoms with E-state index in [9.17, 15) is 14.4 Å². The lowest BCUT2D eigenvalue weighted by molar-refractivity contribution is -0.121. The standard InChI is InChI=1S/C17H19N5O4/c1-20-14-13(15(24)21(2)17(20)25)22(16(19-14)26-3)10-12(23)18-9-11-7-5-4-6-8-11/h4-8H,9-10H2,1-3H3,(H,18,23). The van der Waals surface area contributed by atoms with Gasteiger partial charge in [0.05, 0.1) is 7.11 Å². The van der Waals surface area contributed by atoms with E-state index in [2.05, 4.69) is 10.3 Å². The summed E-state index contributed by atoms with van der Waals surface area (Å²) in [5.41, 5.74) is 0.242. The number of imidazole rings is 1. The van der Waals surface area contributed by atoms with E-state index in [1.807, 2.05) is 30.3 Å². The van der Waals surface area contributed by atoms with Gasteiger partial charge in [-0.3, -0.25) is 23.3 Å². The van der Waals surface area contributed by atoms with Crippen LogP contribution in [0.15, 0.2) is 39.9 Å². The van der Waals surface area contributed by atoms with Gasteiger partial charge in [-0.05, 0) is 5.56 Å². The van der Waals surface area contributed by atoms with Crippen LogP contribution in [-0.2, 0) is 32.0 Å². The summed E-state index contributed by atoms with van der Waals surface area (Å²) in [6, 6.07) is 9.57. The Morgan fingerprint density at radius 1 is 1.15 bits per heavy atom. The van der Waals surface area contributed by atoms with Crippen LogP contribution >= 0.6 is 0 Å². The highest BCUT2D eigenvalue weighted by Crippen LogP contribution is 2.16. The normalized spacial score (nSPS) is 10.9. The van der Waals surface area contributed by atoms with Gasteiger partial charge >= 0.3 is 5.69 Å². The minimum atomic E-state index is -0.533. The molecule has 1 N–H and O–H groups in total. The molecule has 0 saturated carbocycles. The highest BCUT2D eigenvalue weighted by molar-refractivity contribution is 5.79. The molecule has 26 heavy (non-hydrogen) atoms. The molecule has 0 aliphatic heterocycles. The van der Waals surface area contributed by atoms with Gasteiger partial charge in [-0.2, -0.15) is 4.98 Å². The first-order valence-electron chi connectivity index (χ1n) is 7.95. The quantitative estimate of drug-likeness (QED) is 0.679. The zero-order valence-electron chi connectivity index (χ0n) is 14.7. The molecule has 0 unspecified atom stereocenters. The highest BCUT2D eigenvalue weighted by Gasteiger charge is 2.21. The van der Waals surface area contributed by atoms with Crippen molar-refractivity contribution in [2.24, 2.45) is 14.1 Å². The van der Waals surface area contributed by atoms with E-state index in [1.165, 1.54) is 30.3 Å². The van der Waals surface area contributed by atoms with E-state index in [0.29, 0.717) is 6.54 Å². The van der Waals surface area contributed by atoms with Gasteiger partial charge in [0.1, 0.15) is 6.54 Å². The molecule has 9 nitrogen and oxygen atoms in total. The number of rotatable bonds is 5. The van der Waals surface area contributed by atoms with Gasteiger partial charge in [0.25, 0.3) is 11.6 Å². The fourth-order valence-corrected chi connectivity index (χ4v) is 2.73. The third kappa shape index (κ3) is 2.99. The summed E-state index contributed by atoms with van der Waals surface area (Å²) in [4.78, 5) is 41.1. The Kier molecular flexibility index (Phi) is 4.61. The minimum absolute atomic E-state index is 0.0909. The maximum atomic E-state index is 12.5. The largest absolute Gasteiger partial charge is 0.468 e. The van der Waals surface area contributed by atoms with Gasteiger partial charge in [0.15, 0.2) is 11.2 Å². The van der Waals surface area contributed by atoms with Crippen LogP contribution in [0.2, 0.25) is 0 Å². The summed E-state index contributed by atoms with van der Waals surface area (Å²) in [5, 5.41) is 2.79. The number of aryl methyl sites for hydroxylation is 1. The van der Waals surface area contributed by atoms with Crippen molar-refractivity contribution in [2.45, 2.75) is 13.1 Å². The highest BCUT2D eigenvalue weighted by atomic mass is 16.5. The van der Waals surface area contributed by atoms with Crippen LogP contribution in [0.4, 0.5) is 0 Å². The summed E-state index contributed by atoms with van der Waals surface area (Å²) >= 11 is 0. The number of fused-ring (bicyclic) bond motifs is 1. The SMILES string of the molecule is COc1nc2c(c(=O)n(C)c(=O)n2C)n1CC(=O)NCc1ccccc1. The Labute approximate surface area is 148 Å². The molecule has 0 atom stereocenters. The van der Waals surface area contributed by atoms with Crippen molar-refractivity contribution < 1.29 is 9.53 Å². The molecule has 1 aromatic carbocycles. The second-order valence-corrected chi connectivity index (χ2v) is 5.82. The van der Waals surface area contributed by atoms with Crippen molar-refractivity contribution in [2.75, 3.05) is 7.11 Å². The molecule has 2 heterocycles. The molecule has 136 valence electrons. The maximum Gasteiger partial charge on any atom is 0.332 e. The average molecular weight is 357 g/mol. The zero-order chi connectivity index (χ0) is 18.8. The first-order valence-corrected chi connectivity index (χ1v) is 7.95. The topological polar surface area (TPSA) is 100 Å². The fourth-order valence-electron chi connectivity index (χ4n) is 2.73. The Bertz CT molecular complexity index is 1080. The monoisotopic (exact) mass is 357 g/mol. The molecule has 3 rings (SSSR count). The molecule has 0 saturated heterocycles. The number of carbonyl (C=O) groups excluding carboxylic acids is 1. The third-order valence-electron chi connectivity index (χ3n) is 4.13. The van der Waals surface area contributed by atoms with Gasteiger partial charge in [-0.15, -0.1) is 0 Å². The number of hydrogen-bond acceptors (Lipinski definition) is 5. The zero-order valence-corrected chi connectivity index (χ0v) is 14.7. The predicted molar refractivity (Wildman–Crippen MR) is 95.1 cm³/mol. The second-order valence-electron chi connectivity index (χ2n) is 5.82. The molecule has 0 aliphatic carbocycles. The molecular formula is C17H19N5O4. The first-order chi connectivity index (χ1) is 12.4. The van der Waals surface area contributed by atoms with Crippen molar-refractivity contribution in [3.8, 4) is 6.01 Å². The minimum Gasteiger partial charge on any atom is -0.468 e. The van der Waals surface area contributed by atoms with Crippen molar-refractivity contribution >= 4 is 17.1 Å². The molecule has 2 aromatic heterocycles. The average Bonchev–Trinajstić information content (AvgIpc) is 3.02. The number of aromatic nitrogens is 4. The van der Waals surface area contributed by atoms with Gasteiger partial charge in [0.2, 0.25) is 5.91 Å². The molecular weight excluding hydrogens is 338 g/mol. The number of amides is 1. The summed E-state index contributed by atoms with van der Waals surface area (Å²) < 4.78 is 8.79. The van der Waals surface area contributed by atoms with Crippen LogP contribution in [-0.4, -0.2) is 31.7 Å². The summed E-state index contributed by atoms with van der Waals surface area (Å²) in [5.74, 6) is -0.303. The number of hydrogen-bond donors (Lipinski definition) is 1. The molecule has 0 radical (unpaired) electrons. The number of nitrogens with zero attached hydrogens (tertiary/aromatic N) is 4. The predicted octanol–water partition coefficient (Wildman–Crippen LogP) is -0.241. The van der Waals surface area contributed by atoms with Gasteiger partial charge in [-0.1, -0.05) is 30.3 Å². The van der Waals surface area contributed by atoms with E-state index < -0.39 is 11.2 Å². The van der Waals surface area contributed by atoms with E-state index in [1.54, 1.807) is 0 Å². The summed E-state index contributed by atoms with van der Waals surface area (Å²) in [6.07, 6.45) is 0. The lowest BCUT2D eigenvalue weighted by atomic mass is 10.2. The Hall–Kier alpha value is -3.36. The molecule has 0 spiro atoms. The second kappa shape index (κ2) is 6.87. The van der Waals surface area contributed by atoms with Crippen LogP contribution in [0.25, 0.3) is 11.2 Å². The lowest BCUT2D eigenvalue weighted by Gasteiger charge is -2.09. The lowest BCUT2D eigenvalue weighted by Crippen LogP contribution is -2.38. The van der Waals surface area contributed by atoms with Crippen LogP contribution in [0, 0.1) is 0 Å². The molecule has 1 amide bonds. The van der Waals surface area contributed by atoms with Crippen LogP contribution < -0.4 is 21.3 Å². The van der Waals surface area contributed by atoms with Crippen molar-refractivity contribution in [1.29, 1.82) is 0 Å². The maximum absolute atomic E-state index is 12.5. The van der Waals surface area contributed by atoms with Crippen LogP contribution in [0.1, 0.15) is 5.56 Å². The van der Waals surface area contributed by atoms with Gasteiger partial charge in [-0.25, -0.2) is 4.79 Å². The smallest absolute Gasteiger partial charge is 0.332 e. The summed E-state index contributed by atoms with van der Waals surface area (Å²) in [7, 11) is 4.28. The number of ether oxygens (including phenoxy) is 1. The van der Waals surface area contributed by atoms with Crippen LogP contribution in [0.3, 0.4) is 0 Å². The van der Waals surface area contributed by atoms with E-state index in [4.69, 9.17) is 4.74 Å². The number of benzene rings is 1. The Morgan fingerprint density at radius 2 is 1.85 bits per heavy atom. The van der Waals surface area contributed by atoms with Gasteiger partial charge in [0, 0.05) is 20.6 Å². The van der Waals surface area contributed by atoms with E-state index in [0.717, 1.165) is 10.1 Å². The molecule has 3 aromatic rings. The van der Waals surface area contributed by atoms with Crippen molar-refractivity contribution in [3.63, 3.8) is 0 Å². The van der Waals surface area contributed by atoms with E-state index in [-0.39, 0.29) is 29.6 Å². The van der Waals surface area contributed by atoms with Crippen molar-refractivity contribution in [1.82, 2.24) is 24.0 Å². The first kappa shape index (κ1) is 17.5. The van der Waals surface area contributed by atoms with Crippen LogP contribution in [0.5, 0.6) is 6.01 Å². The number of nitrogens with one attached hydrogen (secondary N) is 1.